The lowest BCUT2D eigenvalue weighted by atomic mass is 9.91. The summed E-state index contributed by atoms with van der Waals surface area (Å²) in [7, 11) is 2.01. The first-order chi connectivity index (χ1) is 8.59. The minimum atomic E-state index is -0.246. The van der Waals surface area contributed by atoms with E-state index in [-0.39, 0.29) is 18.2 Å². The highest BCUT2D eigenvalue weighted by Gasteiger charge is 2.27. The minimum absolute atomic E-state index is 0.0106. The van der Waals surface area contributed by atoms with Crippen LogP contribution < -0.4 is 10.6 Å². The molecule has 1 fully saturated rings. The zero-order valence-electron chi connectivity index (χ0n) is 11.2. The van der Waals surface area contributed by atoms with Crippen molar-refractivity contribution < 1.29 is 5.11 Å². The van der Waals surface area contributed by atoms with E-state index in [0.29, 0.717) is 0 Å². The van der Waals surface area contributed by atoms with Crippen LogP contribution in [0.1, 0.15) is 44.2 Å². The molecule has 2 rings (SSSR count). The molecule has 0 spiro atoms. The van der Waals surface area contributed by atoms with Crippen LogP contribution in [-0.4, -0.2) is 29.3 Å². The summed E-state index contributed by atoms with van der Waals surface area (Å²) in [5.41, 5.74) is 6.97. The molecule has 1 aromatic heterocycles. The van der Waals surface area contributed by atoms with Crippen LogP contribution >= 0.6 is 0 Å². The molecule has 4 nitrogen and oxygen atoms in total. The summed E-state index contributed by atoms with van der Waals surface area (Å²) in [5, 5.41) is 10.1. The molecular formula is C14H23N3O. The summed E-state index contributed by atoms with van der Waals surface area (Å²) in [6, 6.07) is 4.15. The molecule has 0 bridgehead atoms. The second-order valence-electron chi connectivity index (χ2n) is 5.27. The number of hydrogen-bond acceptors (Lipinski definition) is 4. The van der Waals surface area contributed by atoms with Gasteiger partial charge in [-0.05, 0) is 37.5 Å². The summed E-state index contributed by atoms with van der Waals surface area (Å²) >= 11 is 0. The van der Waals surface area contributed by atoms with E-state index in [1.54, 1.807) is 6.20 Å². The Morgan fingerprint density at radius 2 is 2.17 bits per heavy atom. The standard InChI is InChI=1S/C14H23N3O/c1-10(15)11-7-8-16-14(9-11)17(2)12-5-3-4-6-13(12)18/h7-10,12-13,18H,3-6,15H2,1-2H3/t10-,12?,13?/m1/s1. The first-order valence-electron chi connectivity index (χ1n) is 6.72. The number of aliphatic hydroxyl groups excluding tert-OH is 1. The van der Waals surface area contributed by atoms with Crippen LogP contribution in [0, 0.1) is 0 Å². The maximum absolute atomic E-state index is 10.1. The molecule has 100 valence electrons. The maximum Gasteiger partial charge on any atom is 0.128 e. The van der Waals surface area contributed by atoms with Gasteiger partial charge in [-0.2, -0.15) is 0 Å². The zero-order chi connectivity index (χ0) is 13.1. The lowest BCUT2D eigenvalue weighted by Crippen LogP contribution is -2.43. The Hall–Kier alpha value is -1.13. The van der Waals surface area contributed by atoms with Crippen molar-refractivity contribution in [1.29, 1.82) is 0 Å². The van der Waals surface area contributed by atoms with Crippen molar-refractivity contribution in [2.45, 2.75) is 50.8 Å². The Kier molecular flexibility index (Phi) is 4.19. The van der Waals surface area contributed by atoms with Gasteiger partial charge in [0.05, 0.1) is 12.1 Å². The number of nitrogens with two attached hydrogens (primary N) is 1. The van der Waals surface area contributed by atoms with E-state index >= 15 is 0 Å². The van der Waals surface area contributed by atoms with Crippen LogP contribution in [0.15, 0.2) is 18.3 Å². The zero-order valence-corrected chi connectivity index (χ0v) is 11.2. The summed E-state index contributed by atoms with van der Waals surface area (Å²) in [5.74, 6) is 0.899. The van der Waals surface area contributed by atoms with Crippen molar-refractivity contribution in [3.63, 3.8) is 0 Å². The Bertz CT molecular complexity index is 394. The predicted octanol–water partition coefficient (Wildman–Crippen LogP) is 1.84. The molecule has 1 heterocycles. The second-order valence-corrected chi connectivity index (χ2v) is 5.27. The van der Waals surface area contributed by atoms with E-state index in [1.165, 1.54) is 6.42 Å². The summed E-state index contributed by atoms with van der Waals surface area (Å²) in [4.78, 5) is 6.48. The third kappa shape index (κ3) is 2.82. The van der Waals surface area contributed by atoms with Crippen molar-refractivity contribution in [2.24, 2.45) is 5.73 Å². The highest BCUT2D eigenvalue weighted by molar-refractivity contribution is 5.42. The molecule has 1 aliphatic carbocycles. The molecule has 18 heavy (non-hydrogen) atoms. The van der Waals surface area contributed by atoms with Crippen molar-refractivity contribution in [2.75, 3.05) is 11.9 Å². The van der Waals surface area contributed by atoms with Crippen LogP contribution in [0.5, 0.6) is 0 Å². The van der Waals surface area contributed by atoms with Crippen LogP contribution in [-0.2, 0) is 0 Å². The Morgan fingerprint density at radius 1 is 1.44 bits per heavy atom. The van der Waals surface area contributed by atoms with Crippen LogP contribution in [0.4, 0.5) is 5.82 Å². The average Bonchev–Trinajstić information content (AvgIpc) is 2.38. The topological polar surface area (TPSA) is 62.4 Å². The van der Waals surface area contributed by atoms with Gasteiger partial charge < -0.3 is 15.7 Å². The molecule has 3 N–H and O–H groups in total. The summed E-state index contributed by atoms with van der Waals surface area (Å²) in [6.45, 7) is 1.97. The van der Waals surface area contributed by atoms with E-state index in [2.05, 4.69) is 9.88 Å². The number of aromatic nitrogens is 1. The van der Waals surface area contributed by atoms with Gasteiger partial charge in [-0.3, -0.25) is 0 Å². The molecule has 3 atom stereocenters. The van der Waals surface area contributed by atoms with Crippen molar-refractivity contribution in [3.8, 4) is 0 Å². The normalized spacial score (nSPS) is 25.8. The van der Waals surface area contributed by atoms with Gasteiger partial charge >= 0.3 is 0 Å². The first kappa shape index (κ1) is 13.3. The number of anilines is 1. The molecule has 1 aliphatic rings. The van der Waals surface area contributed by atoms with Crippen LogP contribution in [0.2, 0.25) is 0 Å². The van der Waals surface area contributed by atoms with Crippen molar-refractivity contribution in [1.82, 2.24) is 4.98 Å². The highest BCUT2D eigenvalue weighted by atomic mass is 16.3. The monoisotopic (exact) mass is 249 g/mol. The second kappa shape index (κ2) is 5.67. The third-order valence-corrected chi connectivity index (χ3v) is 3.85. The summed E-state index contributed by atoms with van der Waals surface area (Å²) < 4.78 is 0. The fraction of sp³-hybridized carbons (Fsp3) is 0.643. The Morgan fingerprint density at radius 3 is 2.83 bits per heavy atom. The largest absolute Gasteiger partial charge is 0.391 e. The van der Waals surface area contributed by atoms with Gasteiger partial charge in [0, 0.05) is 19.3 Å². The number of likely N-dealkylation sites (N-methyl/N-ethyl adjacent to an activating group) is 1. The fourth-order valence-electron chi connectivity index (χ4n) is 2.62. The van der Waals surface area contributed by atoms with Crippen LogP contribution in [0.25, 0.3) is 0 Å². The van der Waals surface area contributed by atoms with E-state index in [1.807, 2.05) is 26.1 Å². The smallest absolute Gasteiger partial charge is 0.128 e. The predicted molar refractivity (Wildman–Crippen MR) is 73.5 cm³/mol. The summed E-state index contributed by atoms with van der Waals surface area (Å²) in [6.07, 6.45) is 5.77. The quantitative estimate of drug-likeness (QED) is 0.858. The Labute approximate surface area is 109 Å². The average molecular weight is 249 g/mol. The molecule has 0 radical (unpaired) electrons. The van der Waals surface area contributed by atoms with E-state index in [0.717, 1.165) is 30.6 Å². The Balaban J connectivity index is 2.16. The van der Waals surface area contributed by atoms with Gasteiger partial charge in [0.25, 0.3) is 0 Å². The molecule has 0 aliphatic heterocycles. The molecule has 2 unspecified atom stereocenters. The fourth-order valence-corrected chi connectivity index (χ4v) is 2.62. The highest BCUT2D eigenvalue weighted by Crippen LogP contribution is 2.26. The van der Waals surface area contributed by atoms with E-state index < -0.39 is 0 Å². The van der Waals surface area contributed by atoms with Gasteiger partial charge in [0.2, 0.25) is 0 Å². The van der Waals surface area contributed by atoms with E-state index in [4.69, 9.17) is 5.73 Å². The number of hydrogen-bond donors (Lipinski definition) is 2. The first-order valence-corrected chi connectivity index (χ1v) is 6.72. The molecule has 1 aromatic rings. The molecule has 0 amide bonds. The number of rotatable bonds is 3. The lowest BCUT2D eigenvalue weighted by Gasteiger charge is -2.36. The van der Waals surface area contributed by atoms with Gasteiger partial charge in [-0.25, -0.2) is 4.98 Å². The van der Waals surface area contributed by atoms with E-state index in [9.17, 15) is 5.11 Å². The number of pyridine rings is 1. The number of nitrogens with zero attached hydrogens (tertiary/aromatic N) is 2. The van der Waals surface area contributed by atoms with Gasteiger partial charge in [0.1, 0.15) is 5.82 Å². The van der Waals surface area contributed by atoms with Crippen molar-refractivity contribution >= 4 is 5.82 Å². The molecule has 1 saturated carbocycles. The molecule has 0 aromatic carbocycles. The number of aliphatic hydroxyl groups is 1. The van der Waals surface area contributed by atoms with Crippen molar-refractivity contribution in [3.05, 3.63) is 23.9 Å². The van der Waals surface area contributed by atoms with Gasteiger partial charge in [-0.1, -0.05) is 12.8 Å². The molecule has 4 heteroatoms. The molecular weight excluding hydrogens is 226 g/mol. The minimum Gasteiger partial charge on any atom is -0.391 e. The molecule has 0 saturated heterocycles. The third-order valence-electron chi connectivity index (χ3n) is 3.85. The SMILES string of the molecule is C[C@@H](N)c1ccnc(N(C)C2CCCCC2O)c1. The maximum atomic E-state index is 10.1. The van der Waals surface area contributed by atoms with Gasteiger partial charge in [0.15, 0.2) is 0 Å². The lowest BCUT2D eigenvalue weighted by molar-refractivity contribution is 0.106. The van der Waals surface area contributed by atoms with Gasteiger partial charge in [-0.15, -0.1) is 0 Å². The van der Waals surface area contributed by atoms with Crippen LogP contribution in [0.3, 0.4) is 0 Å².